The number of hydrogen-bond donors (Lipinski definition) is 1. The molecule has 1 aliphatic rings. The summed E-state index contributed by atoms with van der Waals surface area (Å²) in [4.78, 5) is 11.9. The summed E-state index contributed by atoms with van der Waals surface area (Å²) in [6.45, 7) is 3.32. The van der Waals surface area contributed by atoms with Crippen LogP contribution >= 0.6 is 0 Å². The summed E-state index contributed by atoms with van der Waals surface area (Å²) in [5.74, 6) is 0.509. The van der Waals surface area contributed by atoms with E-state index in [-0.39, 0.29) is 5.91 Å². The van der Waals surface area contributed by atoms with E-state index in [1.54, 1.807) is 13.8 Å². The molecule has 1 aromatic carbocycles. The number of carbonyl (C=O) groups is 1. The van der Waals surface area contributed by atoms with Crippen molar-refractivity contribution in [2.24, 2.45) is 0 Å². The molecule has 17 heavy (non-hydrogen) atoms. The number of ether oxygens (including phenoxy) is 1. The third kappa shape index (κ3) is 2.39. The summed E-state index contributed by atoms with van der Waals surface area (Å²) in [6.07, 6.45) is 0.0313. The van der Waals surface area contributed by atoms with Crippen molar-refractivity contribution < 1.29 is 9.53 Å². The molecule has 1 atom stereocenters. The van der Waals surface area contributed by atoms with E-state index in [1.807, 2.05) is 30.3 Å². The summed E-state index contributed by atoms with van der Waals surface area (Å²) >= 11 is 0. The van der Waals surface area contributed by atoms with Crippen molar-refractivity contribution in [2.75, 3.05) is 0 Å². The predicted molar refractivity (Wildman–Crippen MR) is 62.4 cm³/mol. The largest absolute Gasteiger partial charge is 0.480 e. The van der Waals surface area contributed by atoms with E-state index < -0.39 is 11.6 Å². The maximum absolute atomic E-state index is 11.9. The maximum Gasteiger partial charge on any atom is 0.262 e. The second-order valence-electron chi connectivity index (χ2n) is 4.64. The Bertz CT molecular complexity index is 463. The average Bonchev–Trinajstić information content (AvgIpc) is 2.72. The van der Waals surface area contributed by atoms with Gasteiger partial charge in [-0.25, -0.2) is 0 Å². The van der Waals surface area contributed by atoms with Gasteiger partial charge in [-0.15, -0.1) is 0 Å². The Hall–Kier alpha value is -2.02. The van der Waals surface area contributed by atoms with Crippen molar-refractivity contribution in [3.05, 3.63) is 29.8 Å². The Morgan fingerprint density at radius 3 is 2.88 bits per heavy atom. The van der Waals surface area contributed by atoms with E-state index in [1.165, 1.54) is 0 Å². The van der Waals surface area contributed by atoms with Gasteiger partial charge < -0.3 is 10.1 Å². The lowest BCUT2D eigenvalue weighted by atomic mass is 10.1. The van der Waals surface area contributed by atoms with Gasteiger partial charge in [0.2, 0.25) is 0 Å². The molecule has 0 aliphatic carbocycles. The van der Waals surface area contributed by atoms with Crippen molar-refractivity contribution in [3.8, 4) is 11.8 Å². The van der Waals surface area contributed by atoms with E-state index >= 15 is 0 Å². The summed E-state index contributed by atoms with van der Waals surface area (Å²) in [6, 6.07) is 9.61. The summed E-state index contributed by atoms with van der Waals surface area (Å²) < 4.78 is 5.54. The summed E-state index contributed by atoms with van der Waals surface area (Å²) in [5, 5.41) is 11.5. The smallest absolute Gasteiger partial charge is 0.262 e. The lowest BCUT2D eigenvalue weighted by molar-refractivity contribution is -0.128. The number of fused-ring (bicyclic) bond motifs is 1. The predicted octanol–water partition coefficient (Wildman–Crippen LogP) is 1.41. The first-order chi connectivity index (χ1) is 8.02. The monoisotopic (exact) mass is 230 g/mol. The average molecular weight is 230 g/mol. The van der Waals surface area contributed by atoms with E-state index in [2.05, 4.69) is 5.32 Å². The van der Waals surface area contributed by atoms with Crippen LogP contribution in [0.5, 0.6) is 5.75 Å². The first kappa shape index (κ1) is 11.5. The van der Waals surface area contributed by atoms with E-state index in [4.69, 9.17) is 10.00 Å². The third-order valence-electron chi connectivity index (χ3n) is 2.65. The summed E-state index contributed by atoms with van der Waals surface area (Å²) in [5.41, 5.74) is 0.164. The van der Waals surface area contributed by atoms with Crippen LogP contribution in [0, 0.1) is 11.3 Å². The van der Waals surface area contributed by atoms with Gasteiger partial charge in [0, 0.05) is 6.42 Å². The highest BCUT2D eigenvalue weighted by Crippen LogP contribution is 2.28. The van der Waals surface area contributed by atoms with Crippen LogP contribution in [0.15, 0.2) is 24.3 Å². The minimum absolute atomic E-state index is 0.243. The number of hydrogen-bond acceptors (Lipinski definition) is 3. The molecular weight excluding hydrogens is 216 g/mol. The highest BCUT2D eigenvalue weighted by Gasteiger charge is 2.31. The minimum atomic E-state index is -0.866. The Labute approximate surface area is 100 Å². The number of nitrogens with zero attached hydrogens (tertiary/aromatic N) is 1. The molecule has 0 fully saturated rings. The zero-order valence-electron chi connectivity index (χ0n) is 9.86. The first-order valence-electron chi connectivity index (χ1n) is 5.50. The number of nitriles is 1. The number of carbonyl (C=O) groups excluding carboxylic acids is 1. The number of amides is 1. The third-order valence-corrected chi connectivity index (χ3v) is 2.65. The van der Waals surface area contributed by atoms with Crippen molar-refractivity contribution >= 4 is 5.91 Å². The molecule has 0 spiro atoms. The van der Waals surface area contributed by atoms with Crippen molar-refractivity contribution in [1.82, 2.24) is 5.32 Å². The van der Waals surface area contributed by atoms with Gasteiger partial charge in [-0.05, 0) is 25.5 Å². The van der Waals surface area contributed by atoms with Crippen LogP contribution in [0.4, 0.5) is 0 Å². The molecule has 1 aliphatic heterocycles. The number of rotatable bonds is 2. The van der Waals surface area contributed by atoms with Crippen LogP contribution in [-0.2, 0) is 11.2 Å². The molecule has 4 nitrogen and oxygen atoms in total. The molecular formula is C13H14N2O2. The lowest BCUT2D eigenvalue weighted by Crippen LogP contribution is -2.48. The van der Waals surface area contributed by atoms with E-state index in [9.17, 15) is 4.79 Å². The minimum Gasteiger partial charge on any atom is -0.480 e. The van der Waals surface area contributed by atoms with Gasteiger partial charge in [-0.2, -0.15) is 5.26 Å². The van der Waals surface area contributed by atoms with Gasteiger partial charge in [-0.3, -0.25) is 4.79 Å². The van der Waals surface area contributed by atoms with Gasteiger partial charge in [0.05, 0.1) is 6.07 Å². The molecule has 2 rings (SSSR count). The number of para-hydroxylation sites is 1. The van der Waals surface area contributed by atoms with Crippen LogP contribution in [0.3, 0.4) is 0 Å². The molecule has 4 heteroatoms. The van der Waals surface area contributed by atoms with E-state index in [0.717, 1.165) is 11.3 Å². The second-order valence-corrected chi connectivity index (χ2v) is 4.64. The van der Waals surface area contributed by atoms with Crippen LogP contribution in [-0.4, -0.2) is 17.6 Å². The highest BCUT2D eigenvalue weighted by molar-refractivity contribution is 5.83. The van der Waals surface area contributed by atoms with Gasteiger partial charge in [0.1, 0.15) is 11.3 Å². The number of nitrogens with one attached hydrogen (secondary N) is 1. The molecule has 0 radical (unpaired) electrons. The molecule has 1 heterocycles. The van der Waals surface area contributed by atoms with E-state index in [0.29, 0.717) is 6.42 Å². The topological polar surface area (TPSA) is 62.1 Å². The SMILES string of the molecule is CC(C)(C#N)NC(=O)C1Cc2ccccc2O1. The normalized spacial score (nSPS) is 17.8. The molecule has 0 saturated carbocycles. The van der Waals surface area contributed by atoms with Gasteiger partial charge in [0.15, 0.2) is 6.10 Å². The first-order valence-corrected chi connectivity index (χ1v) is 5.50. The zero-order valence-corrected chi connectivity index (χ0v) is 9.86. The molecule has 1 amide bonds. The fourth-order valence-electron chi connectivity index (χ4n) is 1.74. The highest BCUT2D eigenvalue weighted by atomic mass is 16.5. The Morgan fingerprint density at radius 2 is 2.24 bits per heavy atom. The van der Waals surface area contributed by atoms with Crippen molar-refractivity contribution in [2.45, 2.75) is 31.9 Å². The maximum atomic E-state index is 11.9. The van der Waals surface area contributed by atoms with Crippen molar-refractivity contribution in [1.29, 1.82) is 5.26 Å². The van der Waals surface area contributed by atoms with Crippen LogP contribution in [0.1, 0.15) is 19.4 Å². The standard InChI is InChI=1S/C13H14N2O2/c1-13(2,8-14)15-12(16)11-7-9-5-3-4-6-10(9)17-11/h3-6,11H,7H2,1-2H3,(H,15,16). The Morgan fingerprint density at radius 1 is 1.53 bits per heavy atom. The quantitative estimate of drug-likeness (QED) is 0.835. The fourth-order valence-corrected chi connectivity index (χ4v) is 1.74. The molecule has 0 bridgehead atoms. The molecule has 1 N–H and O–H groups in total. The Balaban J connectivity index is 2.04. The molecule has 1 unspecified atom stereocenters. The molecule has 1 aromatic rings. The molecule has 88 valence electrons. The second kappa shape index (κ2) is 4.10. The van der Waals surface area contributed by atoms with Gasteiger partial charge in [-0.1, -0.05) is 18.2 Å². The molecule has 0 aromatic heterocycles. The van der Waals surface area contributed by atoms with Gasteiger partial charge >= 0.3 is 0 Å². The lowest BCUT2D eigenvalue weighted by Gasteiger charge is -2.20. The van der Waals surface area contributed by atoms with Crippen LogP contribution in [0.2, 0.25) is 0 Å². The number of benzene rings is 1. The zero-order chi connectivity index (χ0) is 12.5. The fraction of sp³-hybridized carbons (Fsp3) is 0.385. The van der Waals surface area contributed by atoms with Crippen LogP contribution in [0.25, 0.3) is 0 Å². The van der Waals surface area contributed by atoms with Crippen molar-refractivity contribution in [3.63, 3.8) is 0 Å². The Kier molecular flexibility index (Phi) is 2.76. The van der Waals surface area contributed by atoms with Crippen LogP contribution < -0.4 is 10.1 Å². The molecule has 0 saturated heterocycles. The van der Waals surface area contributed by atoms with Gasteiger partial charge in [0.25, 0.3) is 5.91 Å². The summed E-state index contributed by atoms with van der Waals surface area (Å²) in [7, 11) is 0.